The molecule has 0 heterocycles. The summed E-state index contributed by atoms with van der Waals surface area (Å²) in [6.07, 6.45) is 0.627. The third-order valence-corrected chi connectivity index (χ3v) is 2.37. The van der Waals surface area contributed by atoms with E-state index in [9.17, 15) is 9.59 Å². The van der Waals surface area contributed by atoms with Gasteiger partial charge in [0.25, 0.3) is 0 Å². The van der Waals surface area contributed by atoms with Crippen molar-refractivity contribution in [2.45, 2.75) is 45.7 Å². The Morgan fingerprint density at radius 2 is 2.00 bits per heavy atom. The van der Waals surface area contributed by atoms with Gasteiger partial charge >= 0.3 is 0 Å². The van der Waals surface area contributed by atoms with Crippen molar-refractivity contribution in [2.24, 2.45) is 0 Å². The van der Waals surface area contributed by atoms with Crippen LogP contribution in [0.2, 0.25) is 0 Å². The van der Waals surface area contributed by atoms with Crippen LogP contribution in [-0.4, -0.2) is 35.1 Å². The fourth-order valence-corrected chi connectivity index (χ4v) is 1.02. The first kappa shape index (κ1) is 13.9. The van der Waals surface area contributed by atoms with E-state index < -0.39 is 11.6 Å². The Balaban J connectivity index is 4.28. The molecule has 0 rings (SSSR count). The van der Waals surface area contributed by atoms with E-state index in [-0.39, 0.29) is 18.4 Å². The number of aliphatic hydroxyl groups excluding tert-OH is 1. The molecular formula is C10H20N2O3. The Kier molecular flexibility index (Phi) is 5.28. The Morgan fingerprint density at radius 1 is 1.47 bits per heavy atom. The molecule has 0 aliphatic carbocycles. The molecular weight excluding hydrogens is 196 g/mol. The van der Waals surface area contributed by atoms with Crippen molar-refractivity contribution < 1.29 is 14.7 Å². The monoisotopic (exact) mass is 216 g/mol. The van der Waals surface area contributed by atoms with Crippen LogP contribution in [0.3, 0.4) is 0 Å². The van der Waals surface area contributed by atoms with Crippen LogP contribution in [0.1, 0.15) is 34.1 Å². The fourth-order valence-electron chi connectivity index (χ4n) is 1.02. The van der Waals surface area contributed by atoms with Crippen molar-refractivity contribution in [2.75, 3.05) is 6.61 Å². The number of carbonyl (C=O) groups is 2. The smallest absolute Gasteiger partial charge is 0.242 e. The highest BCUT2D eigenvalue weighted by Gasteiger charge is 2.25. The summed E-state index contributed by atoms with van der Waals surface area (Å²) in [5.74, 6) is -0.538. The average molecular weight is 216 g/mol. The molecule has 88 valence electrons. The molecule has 2 atom stereocenters. The lowest BCUT2D eigenvalue weighted by Gasteiger charge is -2.28. The highest BCUT2D eigenvalue weighted by atomic mass is 16.3. The van der Waals surface area contributed by atoms with E-state index in [0.29, 0.717) is 6.42 Å². The minimum absolute atomic E-state index is 0.123. The fraction of sp³-hybridized carbons (Fsp3) is 0.800. The molecule has 0 aliphatic heterocycles. The maximum atomic E-state index is 11.6. The van der Waals surface area contributed by atoms with E-state index in [0.717, 1.165) is 0 Å². The maximum Gasteiger partial charge on any atom is 0.242 e. The van der Waals surface area contributed by atoms with Crippen molar-refractivity contribution in [3.05, 3.63) is 0 Å². The van der Waals surface area contributed by atoms with Crippen LogP contribution >= 0.6 is 0 Å². The van der Waals surface area contributed by atoms with Crippen molar-refractivity contribution in [1.29, 1.82) is 0 Å². The molecule has 15 heavy (non-hydrogen) atoms. The van der Waals surface area contributed by atoms with Gasteiger partial charge in [0.05, 0.1) is 12.1 Å². The highest BCUT2D eigenvalue weighted by Crippen LogP contribution is 2.07. The van der Waals surface area contributed by atoms with Gasteiger partial charge in [0.1, 0.15) is 6.04 Å². The van der Waals surface area contributed by atoms with Gasteiger partial charge in [-0.2, -0.15) is 0 Å². The van der Waals surface area contributed by atoms with E-state index in [1.165, 1.54) is 6.92 Å². The summed E-state index contributed by atoms with van der Waals surface area (Å²) in [7, 11) is 0. The molecule has 5 nitrogen and oxygen atoms in total. The zero-order valence-corrected chi connectivity index (χ0v) is 9.76. The van der Waals surface area contributed by atoms with Crippen LogP contribution in [0.5, 0.6) is 0 Å². The molecule has 0 fully saturated rings. The minimum Gasteiger partial charge on any atom is -0.394 e. The van der Waals surface area contributed by atoms with Crippen LogP contribution in [0.15, 0.2) is 0 Å². The zero-order valence-electron chi connectivity index (χ0n) is 9.76. The first-order valence-corrected chi connectivity index (χ1v) is 5.04. The quantitative estimate of drug-likeness (QED) is 0.595. The Labute approximate surface area is 90.2 Å². The van der Waals surface area contributed by atoms with E-state index in [4.69, 9.17) is 5.11 Å². The molecule has 0 radical (unpaired) electrons. The molecule has 2 amide bonds. The molecule has 5 heteroatoms. The zero-order chi connectivity index (χ0) is 12.1. The summed E-state index contributed by atoms with van der Waals surface area (Å²) in [6, 6.07) is -0.583. The number of hydrogen-bond donors (Lipinski definition) is 3. The number of hydrogen-bond acceptors (Lipinski definition) is 3. The SMILES string of the molecule is CCC(C)(CO)NC(=O)C(C)NC(C)=O. The van der Waals surface area contributed by atoms with E-state index >= 15 is 0 Å². The number of nitrogens with one attached hydrogen (secondary N) is 2. The second-order valence-corrected chi connectivity index (χ2v) is 3.98. The number of aliphatic hydroxyl groups is 1. The maximum absolute atomic E-state index is 11.6. The summed E-state index contributed by atoms with van der Waals surface area (Å²) in [4.78, 5) is 22.3. The largest absolute Gasteiger partial charge is 0.394 e. The highest BCUT2D eigenvalue weighted by molar-refractivity contribution is 5.86. The lowest BCUT2D eigenvalue weighted by atomic mass is 10.00. The molecule has 0 aromatic heterocycles. The van der Waals surface area contributed by atoms with Crippen LogP contribution < -0.4 is 10.6 Å². The van der Waals surface area contributed by atoms with Crippen molar-refractivity contribution in [3.8, 4) is 0 Å². The van der Waals surface area contributed by atoms with E-state index in [1.54, 1.807) is 13.8 Å². The second-order valence-electron chi connectivity index (χ2n) is 3.98. The van der Waals surface area contributed by atoms with Gasteiger partial charge in [-0.05, 0) is 20.3 Å². The first-order valence-electron chi connectivity index (χ1n) is 5.04. The van der Waals surface area contributed by atoms with Crippen LogP contribution in [-0.2, 0) is 9.59 Å². The molecule has 2 unspecified atom stereocenters. The van der Waals surface area contributed by atoms with Crippen molar-refractivity contribution in [3.63, 3.8) is 0 Å². The number of rotatable bonds is 5. The van der Waals surface area contributed by atoms with Gasteiger partial charge in [-0.15, -0.1) is 0 Å². The van der Waals surface area contributed by atoms with Crippen molar-refractivity contribution in [1.82, 2.24) is 10.6 Å². The summed E-state index contributed by atoms with van der Waals surface area (Å²) in [5.41, 5.74) is -0.621. The summed E-state index contributed by atoms with van der Waals surface area (Å²) < 4.78 is 0. The standard InChI is InChI=1S/C10H20N2O3/c1-5-10(4,6-13)12-9(15)7(2)11-8(3)14/h7,13H,5-6H2,1-4H3,(H,11,14)(H,12,15). The van der Waals surface area contributed by atoms with E-state index in [1.807, 2.05) is 6.92 Å². The molecule has 0 saturated carbocycles. The molecule has 0 bridgehead atoms. The lowest BCUT2D eigenvalue weighted by molar-refractivity contribution is -0.129. The van der Waals surface area contributed by atoms with Crippen LogP contribution in [0.25, 0.3) is 0 Å². The molecule has 0 aromatic carbocycles. The Morgan fingerprint density at radius 3 is 2.33 bits per heavy atom. The van der Waals surface area contributed by atoms with Gasteiger partial charge in [0.2, 0.25) is 11.8 Å². The summed E-state index contributed by atoms with van der Waals surface area (Å²) in [5, 5.41) is 14.3. The first-order chi connectivity index (χ1) is 6.84. The topological polar surface area (TPSA) is 78.4 Å². The van der Waals surface area contributed by atoms with Crippen LogP contribution in [0, 0.1) is 0 Å². The Hall–Kier alpha value is -1.10. The number of carbonyl (C=O) groups excluding carboxylic acids is 2. The predicted molar refractivity (Wildman–Crippen MR) is 57.2 cm³/mol. The average Bonchev–Trinajstić information content (AvgIpc) is 2.16. The van der Waals surface area contributed by atoms with Gasteiger partial charge in [-0.1, -0.05) is 6.92 Å². The second kappa shape index (κ2) is 5.70. The lowest BCUT2D eigenvalue weighted by Crippen LogP contribution is -2.54. The van der Waals surface area contributed by atoms with Gasteiger partial charge < -0.3 is 15.7 Å². The molecule has 0 saturated heterocycles. The molecule has 0 spiro atoms. The third kappa shape index (κ3) is 4.78. The summed E-state index contributed by atoms with van der Waals surface area (Å²) in [6.45, 7) is 6.46. The van der Waals surface area contributed by atoms with Gasteiger partial charge in [0, 0.05) is 6.92 Å². The van der Waals surface area contributed by atoms with Gasteiger partial charge in [-0.25, -0.2) is 0 Å². The molecule has 3 N–H and O–H groups in total. The summed E-state index contributed by atoms with van der Waals surface area (Å²) >= 11 is 0. The normalized spacial score (nSPS) is 16.3. The van der Waals surface area contributed by atoms with E-state index in [2.05, 4.69) is 10.6 Å². The molecule has 0 aliphatic rings. The molecule has 0 aromatic rings. The predicted octanol–water partition coefficient (Wildman–Crippen LogP) is -0.212. The van der Waals surface area contributed by atoms with Crippen molar-refractivity contribution >= 4 is 11.8 Å². The third-order valence-electron chi connectivity index (χ3n) is 2.37. The van der Waals surface area contributed by atoms with Crippen LogP contribution in [0.4, 0.5) is 0 Å². The Bertz CT molecular complexity index is 237. The van der Waals surface area contributed by atoms with Gasteiger partial charge in [0.15, 0.2) is 0 Å². The van der Waals surface area contributed by atoms with Gasteiger partial charge in [-0.3, -0.25) is 9.59 Å². The number of amides is 2. The minimum atomic E-state index is -0.621.